The number of carbonyl (C=O) groups excluding carboxylic acids is 3. The van der Waals surface area contributed by atoms with Gasteiger partial charge >= 0.3 is 0 Å². The summed E-state index contributed by atoms with van der Waals surface area (Å²) in [5.41, 5.74) is 2.28. The van der Waals surface area contributed by atoms with Crippen molar-refractivity contribution in [1.82, 2.24) is 4.90 Å². The van der Waals surface area contributed by atoms with Crippen molar-refractivity contribution in [3.63, 3.8) is 0 Å². The molecule has 0 spiro atoms. The molecule has 1 saturated heterocycles. The average Bonchev–Trinajstić information content (AvgIpc) is 2.91. The number of aromatic hydroxyl groups is 1. The van der Waals surface area contributed by atoms with Gasteiger partial charge < -0.3 is 10.4 Å². The van der Waals surface area contributed by atoms with Crippen LogP contribution in [-0.2, 0) is 9.59 Å². The third kappa shape index (κ3) is 4.89. The third-order valence-electron chi connectivity index (χ3n) is 3.88. The molecule has 1 aliphatic heterocycles. The van der Waals surface area contributed by atoms with E-state index in [2.05, 4.69) is 5.32 Å². The summed E-state index contributed by atoms with van der Waals surface area (Å²) in [6.45, 7) is 1.48. The number of hydrogen-bond donors (Lipinski definition) is 2. The van der Waals surface area contributed by atoms with Crippen LogP contribution in [0.2, 0.25) is 0 Å². The molecule has 0 aliphatic carbocycles. The summed E-state index contributed by atoms with van der Waals surface area (Å²) in [6.07, 6.45) is 3.56. The van der Waals surface area contributed by atoms with Crippen LogP contribution in [0.4, 0.5) is 10.5 Å². The van der Waals surface area contributed by atoms with Crippen LogP contribution in [0.15, 0.2) is 71.2 Å². The van der Waals surface area contributed by atoms with Gasteiger partial charge in [0.2, 0.25) is 5.91 Å². The Labute approximate surface area is 166 Å². The Hall–Kier alpha value is -3.32. The summed E-state index contributed by atoms with van der Waals surface area (Å²) in [7, 11) is 0. The Morgan fingerprint density at radius 3 is 2.46 bits per heavy atom. The summed E-state index contributed by atoms with van der Waals surface area (Å²) < 4.78 is 0. The molecule has 142 valence electrons. The lowest BCUT2D eigenvalue weighted by Gasteiger charge is -2.12. The lowest BCUT2D eigenvalue weighted by atomic mass is 10.1. The number of benzene rings is 2. The molecule has 6 nitrogen and oxygen atoms in total. The van der Waals surface area contributed by atoms with Gasteiger partial charge in [0.05, 0.1) is 4.91 Å². The number of nitrogens with zero attached hydrogens (tertiary/aromatic N) is 1. The highest BCUT2D eigenvalue weighted by molar-refractivity contribution is 8.18. The molecule has 0 atom stereocenters. The van der Waals surface area contributed by atoms with E-state index >= 15 is 0 Å². The number of phenols is 1. The fourth-order valence-electron chi connectivity index (χ4n) is 2.59. The Morgan fingerprint density at radius 2 is 1.79 bits per heavy atom. The molecule has 3 amide bonds. The van der Waals surface area contributed by atoms with Crippen molar-refractivity contribution in [1.29, 1.82) is 0 Å². The molecule has 0 bridgehead atoms. The van der Waals surface area contributed by atoms with Gasteiger partial charge in [0, 0.05) is 5.69 Å². The lowest BCUT2D eigenvalue weighted by Crippen LogP contribution is -2.36. The van der Waals surface area contributed by atoms with Crippen molar-refractivity contribution in [2.75, 3.05) is 11.9 Å². The van der Waals surface area contributed by atoms with E-state index in [-0.39, 0.29) is 17.2 Å². The van der Waals surface area contributed by atoms with Crippen molar-refractivity contribution < 1.29 is 19.5 Å². The molecule has 0 radical (unpaired) electrons. The van der Waals surface area contributed by atoms with Crippen LogP contribution >= 0.6 is 11.8 Å². The van der Waals surface area contributed by atoms with E-state index in [0.717, 1.165) is 27.8 Å². The first-order valence-corrected chi connectivity index (χ1v) is 9.31. The third-order valence-corrected chi connectivity index (χ3v) is 4.79. The number of anilines is 1. The Kier molecular flexibility index (Phi) is 5.96. The molecule has 2 aromatic carbocycles. The molecule has 0 unspecified atom stereocenters. The first kappa shape index (κ1) is 19.4. The molecule has 1 heterocycles. The maximum absolute atomic E-state index is 12.5. The van der Waals surface area contributed by atoms with Gasteiger partial charge in [0.15, 0.2) is 0 Å². The van der Waals surface area contributed by atoms with Crippen LogP contribution < -0.4 is 5.32 Å². The molecule has 28 heavy (non-hydrogen) atoms. The summed E-state index contributed by atoms with van der Waals surface area (Å²) in [4.78, 5) is 38.0. The van der Waals surface area contributed by atoms with Gasteiger partial charge in [-0.3, -0.25) is 19.3 Å². The van der Waals surface area contributed by atoms with Crippen molar-refractivity contribution in [3.8, 4) is 5.75 Å². The number of allylic oxidation sites excluding steroid dienone is 2. The van der Waals surface area contributed by atoms with Crippen LogP contribution in [0.5, 0.6) is 5.75 Å². The number of imide groups is 1. The fraction of sp³-hybridized carbons (Fsp3) is 0.0952. The standard InChI is InChI=1S/C21H18N2O4S/c1-14(11-15-5-3-2-4-6-15)12-18-20(26)23(21(27)28-18)13-19(25)22-16-7-9-17(24)10-8-16/h2-12,24H,13H2,1H3,(H,22,25)/b14-11-,18-12+. The quantitative estimate of drug-likeness (QED) is 0.591. The minimum atomic E-state index is -0.495. The number of rotatable bonds is 5. The smallest absolute Gasteiger partial charge is 0.294 e. The van der Waals surface area contributed by atoms with Crippen molar-refractivity contribution in [2.45, 2.75) is 6.92 Å². The van der Waals surface area contributed by atoms with Gasteiger partial charge in [0.1, 0.15) is 12.3 Å². The number of thioether (sulfide) groups is 1. The van der Waals surface area contributed by atoms with E-state index in [0.29, 0.717) is 5.69 Å². The highest BCUT2D eigenvalue weighted by Gasteiger charge is 2.36. The summed E-state index contributed by atoms with van der Waals surface area (Å²) in [6, 6.07) is 15.5. The van der Waals surface area contributed by atoms with E-state index in [1.165, 1.54) is 24.3 Å². The fourth-order valence-corrected chi connectivity index (χ4v) is 3.47. The van der Waals surface area contributed by atoms with Crippen LogP contribution in [0.25, 0.3) is 6.08 Å². The molecule has 0 saturated carbocycles. The van der Waals surface area contributed by atoms with E-state index in [9.17, 15) is 19.5 Å². The van der Waals surface area contributed by atoms with Gasteiger partial charge in [-0.25, -0.2) is 0 Å². The Bertz CT molecular complexity index is 966. The second-order valence-corrected chi connectivity index (χ2v) is 7.16. The normalized spacial score (nSPS) is 16.0. The number of nitrogens with one attached hydrogen (secondary N) is 1. The SMILES string of the molecule is CC(=C/c1ccccc1)/C=C1/SC(=O)N(CC(=O)Nc2ccc(O)cc2)C1=O. The van der Waals surface area contributed by atoms with Crippen LogP contribution in [0.3, 0.4) is 0 Å². The second-order valence-electron chi connectivity index (χ2n) is 6.16. The van der Waals surface area contributed by atoms with E-state index < -0.39 is 17.1 Å². The number of carbonyl (C=O) groups is 3. The maximum Gasteiger partial charge on any atom is 0.294 e. The molecule has 3 rings (SSSR count). The highest BCUT2D eigenvalue weighted by Crippen LogP contribution is 2.31. The van der Waals surface area contributed by atoms with Crippen LogP contribution in [0.1, 0.15) is 12.5 Å². The number of phenolic OH excluding ortho intramolecular Hbond substituents is 1. The van der Waals surface area contributed by atoms with Gasteiger partial charge in [-0.1, -0.05) is 36.4 Å². The molecule has 2 aromatic rings. The molecule has 1 fully saturated rings. The summed E-state index contributed by atoms with van der Waals surface area (Å²) in [5, 5.41) is 11.4. The van der Waals surface area contributed by atoms with E-state index in [1.54, 1.807) is 6.08 Å². The largest absolute Gasteiger partial charge is 0.508 e. The topological polar surface area (TPSA) is 86.7 Å². The van der Waals surface area contributed by atoms with Gasteiger partial charge in [0.25, 0.3) is 11.1 Å². The minimum absolute atomic E-state index is 0.0769. The molecule has 0 aromatic heterocycles. The number of amides is 3. The molecule has 2 N–H and O–H groups in total. The van der Waals surface area contributed by atoms with E-state index in [4.69, 9.17) is 0 Å². The van der Waals surface area contributed by atoms with Crippen molar-refractivity contribution in [2.24, 2.45) is 0 Å². The molecular weight excluding hydrogens is 376 g/mol. The predicted molar refractivity (Wildman–Crippen MR) is 110 cm³/mol. The first-order valence-electron chi connectivity index (χ1n) is 8.50. The van der Waals surface area contributed by atoms with Crippen molar-refractivity contribution in [3.05, 3.63) is 76.7 Å². The molecular formula is C21H18N2O4S. The second kappa shape index (κ2) is 8.58. The Balaban J connectivity index is 1.66. The van der Waals surface area contributed by atoms with Crippen LogP contribution in [-0.4, -0.2) is 33.6 Å². The van der Waals surface area contributed by atoms with Crippen molar-refractivity contribution >= 4 is 40.6 Å². The Morgan fingerprint density at radius 1 is 1.11 bits per heavy atom. The van der Waals surface area contributed by atoms with Gasteiger partial charge in [-0.05, 0) is 60.2 Å². The first-order chi connectivity index (χ1) is 13.4. The average molecular weight is 394 g/mol. The zero-order chi connectivity index (χ0) is 20.1. The predicted octanol–water partition coefficient (Wildman–Crippen LogP) is 4.01. The lowest BCUT2D eigenvalue weighted by molar-refractivity contribution is -0.127. The van der Waals surface area contributed by atoms with Crippen LogP contribution in [0, 0.1) is 0 Å². The summed E-state index contributed by atoms with van der Waals surface area (Å²) >= 11 is 0.816. The number of hydrogen-bond acceptors (Lipinski definition) is 5. The zero-order valence-corrected chi connectivity index (χ0v) is 15.9. The minimum Gasteiger partial charge on any atom is -0.508 e. The monoisotopic (exact) mass is 394 g/mol. The highest BCUT2D eigenvalue weighted by atomic mass is 32.2. The van der Waals surface area contributed by atoms with Gasteiger partial charge in [-0.15, -0.1) is 0 Å². The summed E-state index contributed by atoms with van der Waals surface area (Å²) in [5.74, 6) is -0.907. The zero-order valence-electron chi connectivity index (χ0n) is 15.1. The molecule has 7 heteroatoms. The van der Waals surface area contributed by atoms with Gasteiger partial charge in [-0.2, -0.15) is 0 Å². The van der Waals surface area contributed by atoms with E-state index in [1.807, 2.05) is 43.3 Å². The molecule has 1 aliphatic rings. The maximum atomic E-state index is 12.5.